The van der Waals surface area contributed by atoms with Crippen molar-refractivity contribution in [3.8, 4) is 0 Å². The molecule has 1 amide bonds. The third-order valence-electron chi connectivity index (χ3n) is 0.848. The highest BCUT2D eigenvalue weighted by Crippen LogP contribution is 1.82. The number of nitrogens with one attached hydrogen (secondary N) is 1. The van der Waals surface area contributed by atoms with Gasteiger partial charge in [-0.15, -0.1) is 0 Å². The van der Waals surface area contributed by atoms with E-state index in [0.29, 0.717) is 5.41 Å². The smallest absolute Gasteiger partial charge is 0.287 e. The molecular weight excluding hydrogens is 182 g/mol. The number of amides is 1. The fourth-order valence-electron chi connectivity index (χ4n) is 0.401. The second-order valence-corrected chi connectivity index (χ2v) is 3.14. The van der Waals surface area contributed by atoms with Gasteiger partial charge in [0.15, 0.2) is 0 Å². The van der Waals surface area contributed by atoms with Gasteiger partial charge in [-0.1, -0.05) is 12.7 Å². The summed E-state index contributed by atoms with van der Waals surface area (Å²) in [6, 6.07) is 0. The summed E-state index contributed by atoms with van der Waals surface area (Å²) in [6.07, 6.45) is 2.16. The van der Waals surface area contributed by atoms with Gasteiger partial charge in [0.05, 0.1) is 5.41 Å². The predicted molar refractivity (Wildman–Crippen MR) is 43.9 cm³/mol. The molecule has 0 fully saturated rings. The van der Waals surface area contributed by atoms with Crippen LogP contribution in [0.2, 0.25) is 0 Å². The summed E-state index contributed by atoms with van der Waals surface area (Å²) in [6.45, 7) is 3.22. The highest BCUT2D eigenvalue weighted by Gasteiger charge is 1.94. The van der Waals surface area contributed by atoms with Crippen LogP contribution in [0, 0.1) is 0 Å². The van der Waals surface area contributed by atoms with Gasteiger partial charge < -0.3 is 5.32 Å². The molecule has 0 aromatic carbocycles. The molecule has 6 heteroatoms. The molecule has 0 rings (SSSR count). The molecule has 0 aliphatic carbocycles. The number of carbonyl (C=O) groups excluding carboxylic acids is 1. The normalized spacial score (nSPS) is 11.4. The third kappa shape index (κ3) is 6.97. The molecule has 68 valence electrons. The van der Waals surface area contributed by atoms with E-state index in [1.807, 2.05) is 0 Å². The predicted octanol–water partition coefficient (Wildman–Crippen LogP) is -0.310. The molecule has 0 aromatic heterocycles. The zero-order chi connectivity index (χ0) is 9.61. The average molecular weight is 191 g/mol. The van der Waals surface area contributed by atoms with E-state index in [0.717, 1.165) is 12.2 Å². The molecule has 5 nitrogen and oxygen atoms in total. The molecule has 0 unspecified atom stereocenters. The Hall–Kier alpha value is -1.14. The highest BCUT2D eigenvalue weighted by molar-refractivity contribution is 7.88. The minimum absolute atomic E-state index is 0.0324. The molecule has 0 aromatic rings. The van der Waals surface area contributed by atoms with Crippen molar-refractivity contribution in [2.45, 2.75) is 0 Å². The number of rotatable bonds is 4. The molecule has 0 aliphatic heterocycles. The molecule has 0 spiro atoms. The first-order chi connectivity index (χ1) is 5.45. The molecule has 12 heavy (non-hydrogen) atoms. The standard InChI is InChI=1S/C6H9NO4S/c1-2-6(8)7-4-3-5-12(9,10)11/h2-3,5H,1,4H2,(H,7,8)(H,9,10,11). The Kier molecular flexibility index (Phi) is 4.24. The molecule has 0 saturated carbocycles. The van der Waals surface area contributed by atoms with Gasteiger partial charge in [0.25, 0.3) is 10.1 Å². The molecule has 0 radical (unpaired) electrons. The fraction of sp³-hybridized carbons (Fsp3) is 0.167. The molecule has 0 heterocycles. The number of hydrogen-bond acceptors (Lipinski definition) is 3. The van der Waals surface area contributed by atoms with E-state index in [2.05, 4.69) is 11.9 Å². The van der Waals surface area contributed by atoms with Crippen LogP contribution in [-0.4, -0.2) is 25.4 Å². The maximum Gasteiger partial charge on any atom is 0.287 e. The quantitative estimate of drug-likeness (QED) is 0.471. The van der Waals surface area contributed by atoms with Crippen molar-refractivity contribution in [1.29, 1.82) is 0 Å². The Morgan fingerprint density at radius 3 is 2.58 bits per heavy atom. The van der Waals surface area contributed by atoms with Gasteiger partial charge in [-0.25, -0.2) is 0 Å². The van der Waals surface area contributed by atoms with Crippen molar-refractivity contribution in [2.75, 3.05) is 6.54 Å². The van der Waals surface area contributed by atoms with E-state index in [1.165, 1.54) is 0 Å². The van der Waals surface area contributed by atoms with E-state index < -0.39 is 16.0 Å². The zero-order valence-electron chi connectivity index (χ0n) is 6.23. The molecule has 2 N–H and O–H groups in total. The zero-order valence-corrected chi connectivity index (χ0v) is 7.04. The van der Waals surface area contributed by atoms with Gasteiger partial charge in [0.1, 0.15) is 0 Å². The lowest BCUT2D eigenvalue weighted by Gasteiger charge is -1.93. The van der Waals surface area contributed by atoms with Crippen molar-refractivity contribution in [3.05, 3.63) is 24.1 Å². The molecule has 0 bridgehead atoms. The Bertz CT molecular complexity index is 291. The minimum atomic E-state index is -4.09. The Labute approximate surface area is 70.5 Å². The molecular formula is C6H9NO4S. The maximum atomic E-state index is 10.5. The first-order valence-corrected chi connectivity index (χ1v) is 4.50. The van der Waals surface area contributed by atoms with Gasteiger partial charge in [0, 0.05) is 6.54 Å². The monoisotopic (exact) mass is 191 g/mol. The SMILES string of the molecule is C=CC(=O)NCC=CS(=O)(=O)O. The second-order valence-electron chi connectivity index (χ2n) is 1.84. The third-order valence-corrected chi connectivity index (χ3v) is 1.38. The van der Waals surface area contributed by atoms with Crippen LogP contribution >= 0.6 is 0 Å². The van der Waals surface area contributed by atoms with Gasteiger partial charge in [0.2, 0.25) is 5.91 Å². The average Bonchev–Trinajstić information content (AvgIpc) is 1.96. The van der Waals surface area contributed by atoms with Crippen molar-refractivity contribution in [3.63, 3.8) is 0 Å². The first kappa shape index (κ1) is 10.9. The van der Waals surface area contributed by atoms with Crippen LogP contribution in [0.5, 0.6) is 0 Å². The molecule has 0 saturated heterocycles. The maximum absolute atomic E-state index is 10.5. The highest BCUT2D eigenvalue weighted by atomic mass is 32.2. The summed E-state index contributed by atoms with van der Waals surface area (Å²) >= 11 is 0. The van der Waals surface area contributed by atoms with E-state index in [4.69, 9.17) is 4.55 Å². The van der Waals surface area contributed by atoms with Crippen LogP contribution in [0.1, 0.15) is 0 Å². The van der Waals surface area contributed by atoms with Gasteiger partial charge >= 0.3 is 0 Å². The largest absolute Gasteiger partial charge is 0.349 e. The number of carbonyl (C=O) groups is 1. The number of hydrogen-bond donors (Lipinski definition) is 2. The summed E-state index contributed by atoms with van der Waals surface area (Å²) < 4.78 is 28.4. The lowest BCUT2D eigenvalue weighted by Crippen LogP contribution is -2.20. The van der Waals surface area contributed by atoms with Gasteiger partial charge in [-0.05, 0) is 6.08 Å². The van der Waals surface area contributed by atoms with Crippen LogP contribution < -0.4 is 5.32 Å². The summed E-state index contributed by atoms with van der Waals surface area (Å²) in [4.78, 5) is 10.5. The van der Waals surface area contributed by atoms with E-state index >= 15 is 0 Å². The van der Waals surface area contributed by atoms with Crippen LogP contribution in [0.25, 0.3) is 0 Å². The van der Waals surface area contributed by atoms with E-state index in [-0.39, 0.29) is 6.54 Å². The minimum Gasteiger partial charge on any atom is -0.349 e. The summed E-state index contributed by atoms with van der Waals surface area (Å²) in [5, 5.41) is 2.88. The Morgan fingerprint density at radius 2 is 2.17 bits per heavy atom. The van der Waals surface area contributed by atoms with Crippen LogP contribution in [0.4, 0.5) is 0 Å². The Morgan fingerprint density at radius 1 is 1.58 bits per heavy atom. The second kappa shape index (κ2) is 4.68. The van der Waals surface area contributed by atoms with Crippen LogP contribution in [0.15, 0.2) is 24.1 Å². The lowest BCUT2D eigenvalue weighted by atomic mass is 10.5. The topological polar surface area (TPSA) is 83.5 Å². The van der Waals surface area contributed by atoms with Crippen molar-refractivity contribution in [2.24, 2.45) is 0 Å². The fourth-order valence-corrected chi connectivity index (χ4v) is 0.741. The summed E-state index contributed by atoms with van der Waals surface area (Å²) in [5.41, 5.74) is 0. The van der Waals surface area contributed by atoms with E-state index in [9.17, 15) is 13.2 Å². The van der Waals surface area contributed by atoms with Crippen molar-refractivity contribution >= 4 is 16.0 Å². The molecule has 0 atom stereocenters. The van der Waals surface area contributed by atoms with Gasteiger partial charge in [-0.3, -0.25) is 9.35 Å². The first-order valence-electron chi connectivity index (χ1n) is 3.00. The summed E-state index contributed by atoms with van der Waals surface area (Å²) in [5.74, 6) is -0.407. The van der Waals surface area contributed by atoms with Crippen molar-refractivity contribution in [1.82, 2.24) is 5.32 Å². The molecule has 0 aliphatic rings. The summed E-state index contributed by atoms with van der Waals surface area (Å²) in [7, 11) is -4.09. The van der Waals surface area contributed by atoms with Gasteiger partial charge in [-0.2, -0.15) is 8.42 Å². The van der Waals surface area contributed by atoms with Crippen molar-refractivity contribution < 1.29 is 17.8 Å². The lowest BCUT2D eigenvalue weighted by molar-refractivity contribution is -0.116. The Balaban J connectivity index is 3.79. The van der Waals surface area contributed by atoms with E-state index in [1.54, 1.807) is 0 Å². The van der Waals surface area contributed by atoms with Crippen LogP contribution in [-0.2, 0) is 14.9 Å². The van der Waals surface area contributed by atoms with Crippen LogP contribution in [0.3, 0.4) is 0 Å².